The van der Waals surface area contributed by atoms with Gasteiger partial charge in [0.25, 0.3) is 0 Å². The molecule has 0 aliphatic carbocycles. The Balaban J connectivity index is 1.92. The quantitative estimate of drug-likeness (QED) is 0.641. The number of hydrogen-bond acceptors (Lipinski definition) is 7. The van der Waals surface area contributed by atoms with E-state index < -0.39 is 0 Å². The second kappa shape index (κ2) is 7.30. The Morgan fingerprint density at radius 1 is 1.09 bits per heavy atom. The van der Waals surface area contributed by atoms with Crippen LogP contribution < -0.4 is 10.6 Å². The molecule has 0 aliphatic heterocycles. The Morgan fingerprint density at radius 3 is 2.65 bits per heavy atom. The molecule has 0 radical (unpaired) electrons. The van der Waals surface area contributed by atoms with Crippen LogP contribution in [0.2, 0.25) is 0 Å². The van der Waals surface area contributed by atoms with Crippen molar-refractivity contribution >= 4 is 44.5 Å². The highest BCUT2D eigenvalue weighted by molar-refractivity contribution is 9.10. The van der Waals surface area contributed by atoms with Crippen LogP contribution in [0.1, 0.15) is 0 Å². The minimum atomic E-state index is 0.459. The Bertz CT molecular complexity index is 796. The van der Waals surface area contributed by atoms with Crippen LogP contribution in [0.5, 0.6) is 0 Å². The molecule has 1 aromatic carbocycles. The molecular formula is C15H15BrN6O. The average molecular weight is 375 g/mol. The van der Waals surface area contributed by atoms with Crippen molar-refractivity contribution in [3.63, 3.8) is 0 Å². The molecule has 0 amide bonds. The number of rotatable bonds is 6. The van der Waals surface area contributed by atoms with Gasteiger partial charge >= 0.3 is 0 Å². The highest BCUT2D eigenvalue weighted by Crippen LogP contribution is 2.21. The summed E-state index contributed by atoms with van der Waals surface area (Å²) in [6.45, 7) is 1.19. The first-order valence-electron chi connectivity index (χ1n) is 7.00. The summed E-state index contributed by atoms with van der Waals surface area (Å²) in [6.07, 6.45) is 3.23. The number of anilines is 3. The van der Waals surface area contributed by atoms with Crippen LogP contribution in [0.15, 0.2) is 41.1 Å². The number of fused-ring (bicyclic) bond motifs is 1. The number of ether oxygens (including phenoxy) is 1. The molecule has 118 valence electrons. The molecule has 0 atom stereocenters. The summed E-state index contributed by atoms with van der Waals surface area (Å²) in [5.74, 6) is 1.08. The second-order valence-electron chi connectivity index (χ2n) is 4.68. The lowest BCUT2D eigenvalue weighted by molar-refractivity contribution is 0.210. The topological polar surface area (TPSA) is 84.9 Å². The first-order valence-corrected chi connectivity index (χ1v) is 7.80. The van der Waals surface area contributed by atoms with Crippen LogP contribution in [0, 0.1) is 0 Å². The van der Waals surface area contributed by atoms with E-state index in [4.69, 9.17) is 4.74 Å². The maximum absolute atomic E-state index is 5.05. The van der Waals surface area contributed by atoms with Crippen molar-refractivity contribution in [2.75, 3.05) is 30.9 Å². The standard InChI is InChI=1S/C15H15BrN6O/c1-23-9-8-19-14-12-13(18-7-6-17-12)21-15(22-14)20-11-4-2-10(16)3-5-11/h2-7H,8-9H2,1H3,(H2,18,19,20,21,22). The molecule has 3 aromatic rings. The van der Waals surface area contributed by atoms with E-state index in [1.165, 1.54) is 0 Å². The fraction of sp³-hybridized carbons (Fsp3) is 0.200. The van der Waals surface area contributed by atoms with E-state index in [2.05, 4.69) is 46.5 Å². The van der Waals surface area contributed by atoms with Gasteiger partial charge in [-0.2, -0.15) is 9.97 Å². The lowest BCUT2D eigenvalue weighted by atomic mass is 10.3. The largest absolute Gasteiger partial charge is 0.383 e. The van der Waals surface area contributed by atoms with E-state index in [0.717, 1.165) is 10.2 Å². The van der Waals surface area contributed by atoms with Crippen LogP contribution in [-0.4, -0.2) is 40.2 Å². The zero-order chi connectivity index (χ0) is 16.1. The molecule has 8 heteroatoms. The molecule has 2 N–H and O–H groups in total. The van der Waals surface area contributed by atoms with Gasteiger partial charge in [0.05, 0.1) is 6.61 Å². The van der Waals surface area contributed by atoms with E-state index >= 15 is 0 Å². The Labute approximate surface area is 141 Å². The molecule has 0 saturated carbocycles. The van der Waals surface area contributed by atoms with E-state index in [-0.39, 0.29) is 0 Å². The minimum Gasteiger partial charge on any atom is -0.383 e. The Hall–Kier alpha value is -2.32. The monoisotopic (exact) mass is 374 g/mol. The van der Waals surface area contributed by atoms with Crippen molar-refractivity contribution in [1.82, 2.24) is 19.9 Å². The lowest BCUT2D eigenvalue weighted by Crippen LogP contribution is -2.11. The van der Waals surface area contributed by atoms with Gasteiger partial charge in [0.1, 0.15) is 0 Å². The van der Waals surface area contributed by atoms with Gasteiger partial charge < -0.3 is 15.4 Å². The fourth-order valence-corrected chi connectivity index (χ4v) is 2.24. The van der Waals surface area contributed by atoms with Crippen LogP contribution >= 0.6 is 15.9 Å². The van der Waals surface area contributed by atoms with Crippen molar-refractivity contribution in [3.8, 4) is 0 Å². The predicted octanol–water partition coefficient (Wildman–Crippen LogP) is 2.98. The van der Waals surface area contributed by atoms with Gasteiger partial charge in [0, 0.05) is 36.2 Å². The molecule has 0 bridgehead atoms. The smallest absolute Gasteiger partial charge is 0.231 e. The molecule has 7 nitrogen and oxygen atoms in total. The summed E-state index contributed by atoms with van der Waals surface area (Å²) < 4.78 is 6.06. The first-order chi connectivity index (χ1) is 11.3. The van der Waals surface area contributed by atoms with Crippen LogP contribution in [0.3, 0.4) is 0 Å². The number of hydrogen-bond donors (Lipinski definition) is 2. The molecule has 0 fully saturated rings. The fourth-order valence-electron chi connectivity index (χ4n) is 1.98. The van der Waals surface area contributed by atoms with Gasteiger partial charge in [0.2, 0.25) is 5.95 Å². The Morgan fingerprint density at radius 2 is 1.87 bits per heavy atom. The maximum atomic E-state index is 5.05. The van der Waals surface area contributed by atoms with E-state index in [9.17, 15) is 0 Å². The number of halogens is 1. The normalized spacial score (nSPS) is 10.7. The third kappa shape index (κ3) is 3.91. The number of aromatic nitrogens is 4. The summed E-state index contributed by atoms with van der Waals surface area (Å²) in [5, 5.41) is 6.37. The van der Waals surface area contributed by atoms with Crippen LogP contribution in [0.4, 0.5) is 17.5 Å². The third-order valence-electron chi connectivity index (χ3n) is 3.03. The van der Waals surface area contributed by atoms with Crippen molar-refractivity contribution in [2.45, 2.75) is 0 Å². The van der Waals surface area contributed by atoms with E-state index in [1.54, 1.807) is 19.5 Å². The van der Waals surface area contributed by atoms with Crippen molar-refractivity contribution in [2.24, 2.45) is 0 Å². The van der Waals surface area contributed by atoms with Gasteiger partial charge in [-0.05, 0) is 24.3 Å². The zero-order valence-corrected chi connectivity index (χ0v) is 14.0. The summed E-state index contributed by atoms with van der Waals surface area (Å²) in [6, 6.07) is 7.76. The van der Waals surface area contributed by atoms with Crippen molar-refractivity contribution in [3.05, 3.63) is 41.1 Å². The summed E-state index contributed by atoms with van der Waals surface area (Å²) in [4.78, 5) is 17.4. The van der Waals surface area contributed by atoms with E-state index in [1.807, 2.05) is 24.3 Å². The van der Waals surface area contributed by atoms with Crippen LogP contribution in [0.25, 0.3) is 11.2 Å². The molecule has 23 heavy (non-hydrogen) atoms. The molecule has 0 spiro atoms. The number of nitrogens with one attached hydrogen (secondary N) is 2. The number of nitrogens with zero attached hydrogens (tertiary/aromatic N) is 4. The number of benzene rings is 1. The molecule has 0 unspecified atom stereocenters. The lowest BCUT2D eigenvalue weighted by Gasteiger charge is -2.10. The van der Waals surface area contributed by atoms with E-state index in [0.29, 0.717) is 36.1 Å². The molecule has 2 aromatic heterocycles. The van der Waals surface area contributed by atoms with Gasteiger partial charge in [-0.15, -0.1) is 0 Å². The highest BCUT2D eigenvalue weighted by Gasteiger charge is 2.09. The van der Waals surface area contributed by atoms with Crippen molar-refractivity contribution in [1.29, 1.82) is 0 Å². The third-order valence-corrected chi connectivity index (χ3v) is 3.56. The molecule has 0 saturated heterocycles. The molecular weight excluding hydrogens is 360 g/mol. The molecule has 2 heterocycles. The Kier molecular flexibility index (Phi) is 4.94. The summed E-state index contributed by atoms with van der Waals surface area (Å²) >= 11 is 3.41. The minimum absolute atomic E-state index is 0.459. The predicted molar refractivity (Wildman–Crippen MR) is 92.9 cm³/mol. The zero-order valence-electron chi connectivity index (χ0n) is 12.5. The summed E-state index contributed by atoms with van der Waals surface area (Å²) in [7, 11) is 1.65. The molecule has 3 rings (SSSR count). The van der Waals surface area contributed by atoms with Gasteiger partial charge in [0.15, 0.2) is 17.0 Å². The van der Waals surface area contributed by atoms with Crippen LogP contribution in [-0.2, 0) is 4.74 Å². The average Bonchev–Trinajstić information content (AvgIpc) is 2.57. The summed E-state index contributed by atoms with van der Waals surface area (Å²) in [5.41, 5.74) is 2.05. The molecule has 0 aliphatic rings. The SMILES string of the molecule is COCCNc1nc(Nc2ccc(Br)cc2)nc2nccnc12. The van der Waals surface area contributed by atoms with Crippen molar-refractivity contribution < 1.29 is 4.74 Å². The second-order valence-corrected chi connectivity index (χ2v) is 5.59. The highest BCUT2D eigenvalue weighted by atomic mass is 79.9. The maximum Gasteiger partial charge on any atom is 0.231 e. The first kappa shape index (κ1) is 15.6. The van der Waals surface area contributed by atoms with Gasteiger partial charge in [-0.3, -0.25) is 0 Å². The number of methoxy groups -OCH3 is 1. The van der Waals surface area contributed by atoms with Gasteiger partial charge in [-0.25, -0.2) is 9.97 Å². The van der Waals surface area contributed by atoms with Gasteiger partial charge in [-0.1, -0.05) is 15.9 Å².